The third-order valence-electron chi connectivity index (χ3n) is 3.68. The first-order valence-electron chi connectivity index (χ1n) is 6.24. The van der Waals surface area contributed by atoms with Crippen LogP contribution in [0.2, 0.25) is 0 Å². The summed E-state index contributed by atoms with van der Waals surface area (Å²) in [6.07, 6.45) is 6.87. The van der Waals surface area contributed by atoms with E-state index in [1.165, 1.54) is 12.8 Å². The van der Waals surface area contributed by atoms with Crippen LogP contribution in [0.4, 0.5) is 0 Å². The van der Waals surface area contributed by atoms with Gasteiger partial charge in [0, 0.05) is 29.8 Å². The Balaban J connectivity index is 1.79. The van der Waals surface area contributed by atoms with Crippen LogP contribution >= 0.6 is 11.8 Å². The minimum atomic E-state index is 0.141. The molecular weight excluding hydrogens is 220 g/mol. The number of carbonyl (C=O) groups is 1. The number of thioether (sulfide) groups is 1. The highest BCUT2D eigenvalue weighted by Gasteiger charge is 2.34. The van der Waals surface area contributed by atoms with E-state index in [0.717, 1.165) is 18.6 Å². The second kappa shape index (κ2) is 5.41. The number of amides is 1. The van der Waals surface area contributed by atoms with E-state index in [2.05, 4.69) is 16.9 Å². The molecule has 0 saturated carbocycles. The first kappa shape index (κ1) is 12.2. The molecule has 2 bridgehead atoms. The fraction of sp³-hybridized carbons (Fsp3) is 0.917. The molecule has 2 aliphatic heterocycles. The quantitative estimate of drug-likeness (QED) is 0.782. The summed E-state index contributed by atoms with van der Waals surface area (Å²) in [6, 6.07) is 1.72. The Hall–Kier alpha value is -0.220. The standard InChI is InChI=1S/C12H22N2OS/c1-8(7-16-2)12(15)14-11-5-9-3-4-10(6-11)13-9/h8-11,13H,3-7H2,1-2H3,(H,14,15). The second-order valence-corrected chi connectivity index (χ2v) is 6.08. The number of rotatable bonds is 4. The predicted octanol–water partition coefficient (Wildman–Crippen LogP) is 1.38. The van der Waals surface area contributed by atoms with Crippen LogP contribution in [-0.4, -0.2) is 36.0 Å². The molecule has 2 saturated heterocycles. The zero-order chi connectivity index (χ0) is 11.5. The lowest BCUT2D eigenvalue weighted by Crippen LogP contribution is -2.49. The minimum absolute atomic E-state index is 0.141. The normalized spacial score (nSPS) is 34.8. The van der Waals surface area contributed by atoms with Crippen molar-refractivity contribution in [3.8, 4) is 0 Å². The molecule has 3 nitrogen and oxygen atoms in total. The first-order valence-corrected chi connectivity index (χ1v) is 7.63. The van der Waals surface area contributed by atoms with Crippen LogP contribution in [-0.2, 0) is 4.79 Å². The Morgan fingerprint density at radius 2 is 2.06 bits per heavy atom. The van der Waals surface area contributed by atoms with E-state index >= 15 is 0 Å². The van der Waals surface area contributed by atoms with E-state index in [1.807, 2.05) is 6.92 Å². The zero-order valence-electron chi connectivity index (χ0n) is 10.2. The number of fused-ring (bicyclic) bond motifs is 2. The molecule has 0 aromatic heterocycles. The molecule has 2 rings (SSSR count). The van der Waals surface area contributed by atoms with Gasteiger partial charge in [-0.3, -0.25) is 4.79 Å². The highest BCUT2D eigenvalue weighted by molar-refractivity contribution is 7.98. The molecule has 4 heteroatoms. The van der Waals surface area contributed by atoms with Gasteiger partial charge in [0.05, 0.1) is 0 Å². The second-order valence-electron chi connectivity index (χ2n) is 5.17. The average molecular weight is 242 g/mol. The van der Waals surface area contributed by atoms with Gasteiger partial charge in [0.2, 0.25) is 5.91 Å². The van der Waals surface area contributed by atoms with Crippen molar-refractivity contribution >= 4 is 17.7 Å². The van der Waals surface area contributed by atoms with E-state index in [-0.39, 0.29) is 11.8 Å². The number of hydrogen-bond donors (Lipinski definition) is 2. The van der Waals surface area contributed by atoms with Crippen LogP contribution in [0.1, 0.15) is 32.6 Å². The fourth-order valence-corrected chi connectivity index (χ4v) is 3.50. The topological polar surface area (TPSA) is 41.1 Å². The van der Waals surface area contributed by atoms with Crippen LogP contribution in [0, 0.1) is 5.92 Å². The van der Waals surface area contributed by atoms with Gasteiger partial charge in [0.1, 0.15) is 0 Å². The molecule has 2 N–H and O–H groups in total. The predicted molar refractivity (Wildman–Crippen MR) is 68.7 cm³/mol. The third-order valence-corrected chi connectivity index (χ3v) is 4.52. The van der Waals surface area contributed by atoms with E-state index in [1.54, 1.807) is 11.8 Å². The smallest absolute Gasteiger partial charge is 0.223 e. The summed E-state index contributed by atoms with van der Waals surface area (Å²) in [5.74, 6) is 1.30. The van der Waals surface area contributed by atoms with Crippen LogP contribution in [0.5, 0.6) is 0 Å². The summed E-state index contributed by atoms with van der Waals surface area (Å²) < 4.78 is 0. The van der Waals surface area contributed by atoms with Crippen molar-refractivity contribution in [2.75, 3.05) is 12.0 Å². The SMILES string of the molecule is CSCC(C)C(=O)NC1CC2CCC(C1)N2. The van der Waals surface area contributed by atoms with Gasteiger partial charge in [0.25, 0.3) is 0 Å². The van der Waals surface area contributed by atoms with Crippen LogP contribution in [0.3, 0.4) is 0 Å². The Kier molecular flexibility index (Phi) is 4.14. The summed E-state index contributed by atoms with van der Waals surface area (Å²) >= 11 is 1.74. The molecule has 2 fully saturated rings. The van der Waals surface area contributed by atoms with Crippen LogP contribution < -0.4 is 10.6 Å². The summed E-state index contributed by atoms with van der Waals surface area (Å²) in [4.78, 5) is 11.9. The summed E-state index contributed by atoms with van der Waals surface area (Å²) in [7, 11) is 0. The Labute approximate surface area is 102 Å². The molecule has 0 aliphatic carbocycles. The molecule has 3 atom stereocenters. The van der Waals surface area contributed by atoms with Gasteiger partial charge in [-0.1, -0.05) is 6.92 Å². The van der Waals surface area contributed by atoms with Crippen LogP contribution in [0.15, 0.2) is 0 Å². The van der Waals surface area contributed by atoms with Gasteiger partial charge in [-0.25, -0.2) is 0 Å². The molecule has 0 aromatic carbocycles. The lowest BCUT2D eigenvalue weighted by molar-refractivity contribution is -0.124. The van der Waals surface area contributed by atoms with Crippen molar-refractivity contribution < 1.29 is 4.79 Å². The lowest BCUT2D eigenvalue weighted by atomic mass is 9.99. The molecule has 0 spiro atoms. The van der Waals surface area contributed by atoms with Crippen molar-refractivity contribution in [3.63, 3.8) is 0 Å². The van der Waals surface area contributed by atoms with E-state index < -0.39 is 0 Å². The number of hydrogen-bond acceptors (Lipinski definition) is 3. The summed E-state index contributed by atoms with van der Waals surface area (Å²) in [5, 5.41) is 6.80. The van der Waals surface area contributed by atoms with E-state index in [9.17, 15) is 4.79 Å². The molecule has 2 aliphatic rings. The van der Waals surface area contributed by atoms with E-state index in [0.29, 0.717) is 18.1 Å². The van der Waals surface area contributed by atoms with Crippen molar-refractivity contribution in [1.29, 1.82) is 0 Å². The lowest BCUT2D eigenvalue weighted by Gasteiger charge is -2.30. The van der Waals surface area contributed by atoms with Gasteiger partial charge in [-0.05, 0) is 31.9 Å². The molecular formula is C12H22N2OS. The molecule has 2 heterocycles. The molecule has 16 heavy (non-hydrogen) atoms. The van der Waals surface area contributed by atoms with E-state index in [4.69, 9.17) is 0 Å². The number of carbonyl (C=O) groups excluding carboxylic acids is 1. The maximum atomic E-state index is 11.9. The molecule has 0 aromatic rings. The average Bonchev–Trinajstić information content (AvgIpc) is 2.58. The maximum Gasteiger partial charge on any atom is 0.223 e. The van der Waals surface area contributed by atoms with Crippen molar-refractivity contribution in [2.45, 2.75) is 50.7 Å². The molecule has 0 radical (unpaired) electrons. The zero-order valence-corrected chi connectivity index (χ0v) is 11.0. The Morgan fingerprint density at radius 3 is 2.62 bits per heavy atom. The van der Waals surface area contributed by atoms with Crippen molar-refractivity contribution in [3.05, 3.63) is 0 Å². The van der Waals surface area contributed by atoms with Gasteiger partial charge in [0.15, 0.2) is 0 Å². The highest BCUT2D eigenvalue weighted by Crippen LogP contribution is 2.26. The third kappa shape index (κ3) is 2.92. The molecule has 3 unspecified atom stereocenters. The largest absolute Gasteiger partial charge is 0.353 e. The summed E-state index contributed by atoms with van der Waals surface area (Å²) in [6.45, 7) is 2.02. The van der Waals surface area contributed by atoms with Gasteiger partial charge in [-0.2, -0.15) is 11.8 Å². The monoisotopic (exact) mass is 242 g/mol. The van der Waals surface area contributed by atoms with Crippen molar-refractivity contribution in [1.82, 2.24) is 10.6 Å². The first-order chi connectivity index (χ1) is 7.69. The Bertz CT molecular complexity index is 247. The minimum Gasteiger partial charge on any atom is -0.353 e. The Morgan fingerprint density at radius 1 is 1.44 bits per heavy atom. The highest BCUT2D eigenvalue weighted by atomic mass is 32.2. The van der Waals surface area contributed by atoms with Crippen molar-refractivity contribution in [2.24, 2.45) is 5.92 Å². The van der Waals surface area contributed by atoms with Gasteiger partial charge in [-0.15, -0.1) is 0 Å². The maximum absolute atomic E-state index is 11.9. The van der Waals surface area contributed by atoms with Gasteiger partial charge >= 0.3 is 0 Å². The number of piperidine rings is 1. The summed E-state index contributed by atoms with van der Waals surface area (Å²) in [5.41, 5.74) is 0. The molecule has 1 amide bonds. The fourth-order valence-electron chi connectivity index (χ4n) is 2.84. The molecule has 92 valence electrons. The van der Waals surface area contributed by atoms with Crippen LogP contribution in [0.25, 0.3) is 0 Å². The van der Waals surface area contributed by atoms with Gasteiger partial charge < -0.3 is 10.6 Å². The number of nitrogens with one attached hydrogen (secondary N) is 2.